The molecular formula is C9H6BrN5. The van der Waals surface area contributed by atoms with Gasteiger partial charge in [-0.2, -0.15) is 4.98 Å². The first kappa shape index (κ1) is 8.60. The highest BCUT2D eigenvalue weighted by atomic mass is 79.9. The van der Waals surface area contributed by atoms with E-state index in [2.05, 4.69) is 36.1 Å². The molecule has 5 nitrogen and oxygen atoms in total. The largest absolute Gasteiger partial charge is 0.366 e. The summed E-state index contributed by atoms with van der Waals surface area (Å²) in [5, 5.41) is 8.75. The van der Waals surface area contributed by atoms with Crippen molar-refractivity contribution in [1.82, 2.24) is 20.2 Å². The van der Waals surface area contributed by atoms with Crippen molar-refractivity contribution in [2.24, 2.45) is 0 Å². The molecule has 0 aliphatic carbocycles. The molecule has 3 rings (SSSR count). The predicted octanol–water partition coefficient (Wildman–Crippen LogP) is 1.85. The Kier molecular flexibility index (Phi) is 1.66. The van der Waals surface area contributed by atoms with Crippen molar-refractivity contribution < 1.29 is 0 Å². The molecule has 0 spiro atoms. The van der Waals surface area contributed by atoms with Gasteiger partial charge in [-0.25, -0.2) is 0 Å². The maximum absolute atomic E-state index is 5.46. The quantitative estimate of drug-likeness (QED) is 0.649. The minimum Gasteiger partial charge on any atom is -0.366 e. The number of hydrogen-bond acceptors (Lipinski definition) is 4. The van der Waals surface area contributed by atoms with E-state index in [9.17, 15) is 0 Å². The summed E-state index contributed by atoms with van der Waals surface area (Å²) in [4.78, 5) is 7.21. The van der Waals surface area contributed by atoms with Gasteiger partial charge in [-0.3, -0.25) is 0 Å². The van der Waals surface area contributed by atoms with Crippen LogP contribution in [-0.2, 0) is 0 Å². The summed E-state index contributed by atoms with van der Waals surface area (Å²) >= 11 is 3.41. The number of anilines is 1. The summed E-state index contributed by atoms with van der Waals surface area (Å²) in [6.07, 6.45) is 0. The Labute approximate surface area is 92.8 Å². The molecule has 1 aromatic carbocycles. The topological polar surface area (TPSA) is 80.5 Å². The third-order valence-electron chi connectivity index (χ3n) is 2.19. The minimum atomic E-state index is 0.174. The monoisotopic (exact) mass is 263 g/mol. The van der Waals surface area contributed by atoms with E-state index in [0.29, 0.717) is 5.65 Å². The van der Waals surface area contributed by atoms with E-state index in [0.717, 1.165) is 20.9 Å². The van der Waals surface area contributed by atoms with Crippen LogP contribution in [0.5, 0.6) is 0 Å². The van der Waals surface area contributed by atoms with Gasteiger partial charge in [-0.15, -0.1) is 10.2 Å². The summed E-state index contributed by atoms with van der Waals surface area (Å²) in [6, 6.07) is 5.88. The number of aromatic nitrogens is 4. The predicted molar refractivity (Wildman–Crippen MR) is 61.3 cm³/mol. The summed E-state index contributed by atoms with van der Waals surface area (Å²) < 4.78 is 0.995. The van der Waals surface area contributed by atoms with Crippen molar-refractivity contribution in [2.45, 2.75) is 0 Å². The van der Waals surface area contributed by atoms with Crippen LogP contribution in [0.3, 0.4) is 0 Å². The molecule has 2 aromatic heterocycles. The second-order valence-electron chi connectivity index (χ2n) is 3.18. The summed E-state index contributed by atoms with van der Waals surface area (Å²) in [5.74, 6) is 0.174. The van der Waals surface area contributed by atoms with Crippen LogP contribution in [0.15, 0.2) is 22.7 Å². The van der Waals surface area contributed by atoms with E-state index >= 15 is 0 Å². The molecule has 6 heteroatoms. The Morgan fingerprint density at radius 1 is 1.27 bits per heavy atom. The van der Waals surface area contributed by atoms with E-state index in [4.69, 9.17) is 5.73 Å². The molecule has 0 amide bonds. The van der Waals surface area contributed by atoms with Gasteiger partial charge < -0.3 is 10.7 Å². The SMILES string of the molecule is Nc1nnc2c(n1)[nH]c1ccc(Br)cc12. The van der Waals surface area contributed by atoms with Crippen molar-refractivity contribution in [3.63, 3.8) is 0 Å². The number of nitrogens with one attached hydrogen (secondary N) is 1. The molecule has 0 bridgehead atoms. The van der Waals surface area contributed by atoms with E-state index in [1.54, 1.807) is 0 Å². The maximum atomic E-state index is 5.46. The highest BCUT2D eigenvalue weighted by Crippen LogP contribution is 2.25. The second kappa shape index (κ2) is 2.90. The zero-order chi connectivity index (χ0) is 10.4. The van der Waals surface area contributed by atoms with E-state index in [-0.39, 0.29) is 5.95 Å². The van der Waals surface area contributed by atoms with Gasteiger partial charge in [0, 0.05) is 15.4 Å². The van der Waals surface area contributed by atoms with Gasteiger partial charge in [-0.05, 0) is 18.2 Å². The molecule has 0 unspecified atom stereocenters. The van der Waals surface area contributed by atoms with Crippen LogP contribution in [-0.4, -0.2) is 20.2 Å². The van der Waals surface area contributed by atoms with Gasteiger partial charge in [0.1, 0.15) is 5.52 Å². The third-order valence-corrected chi connectivity index (χ3v) is 2.69. The Morgan fingerprint density at radius 3 is 3.00 bits per heavy atom. The molecule has 3 aromatic rings. The molecule has 0 fully saturated rings. The summed E-state index contributed by atoms with van der Waals surface area (Å²) in [6.45, 7) is 0. The van der Waals surface area contributed by atoms with E-state index in [1.807, 2.05) is 18.2 Å². The van der Waals surface area contributed by atoms with Gasteiger partial charge in [0.05, 0.1) is 0 Å². The standard InChI is InChI=1S/C9H6BrN5/c10-4-1-2-6-5(3-4)7-8(12-6)13-9(11)15-14-7/h1-3H,(H3,11,12,13,15). The molecule has 3 N–H and O–H groups in total. The first-order chi connectivity index (χ1) is 7.24. The number of rotatable bonds is 0. The lowest BCUT2D eigenvalue weighted by atomic mass is 10.2. The van der Waals surface area contributed by atoms with Crippen molar-refractivity contribution in [1.29, 1.82) is 0 Å². The number of benzene rings is 1. The zero-order valence-corrected chi connectivity index (χ0v) is 9.12. The lowest BCUT2D eigenvalue weighted by Crippen LogP contribution is -1.96. The van der Waals surface area contributed by atoms with Crippen LogP contribution in [0.1, 0.15) is 0 Å². The first-order valence-electron chi connectivity index (χ1n) is 4.31. The molecule has 74 valence electrons. The number of H-pyrrole nitrogens is 1. The number of aromatic amines is 1. The number of hydrogen-bond donors (Lipinski definition) is 2. The minimum absolute atomic E-state index is 0.174. The summed E-state index contributed by atoms with van der Waals surface area (Å²) in [5.41, 5.74) is 7.83. The molecule has 0 saturated heterocycles. The average molecular weight is 264 g/mol. The molecular weight excluding hydrogens is 258 g/mol. The lowest BCUT2D eigenvalue weighted by molar-refractivity contribution is 1.04. The molecule has 0 radical (unpaired) electrons. The van der Waals surface area contributed by atoms with Crippen LogP contribution >= 0.6 is 15.9 Å². The highest BCUT2D eigenvalue weighted by Gasteiger charge is 2.07. The van der Waals surface area contributed by atoms with Gasteiger partial charge in [-0.1, -0.05) is 15.9 Å². The third kappa shape index (κ3) is 1.25. The van der Waals surface area contributed by atoms with Crippen molar-refractivity contribution in [3.05, 3.63) is 22.7 Å². The fourth-order valence-corrected chi connectivity index (χ4v) is 1.92. The zero-order valence-electron chi connectivity index (χ0n) is 7.53. The molecule has 0 aliphatic heterocycles. The highest BCUT2D eigenvalue weighted by molar-refractivity contribution is 9.10. The lowest BCUT2D eigenvalue weighted by Gasteiger charge is -1.91. The summed E-state index contributed by atoms with van der Waals surface area (Å²) in [7, 11) is 0. The fourth-order valence-electron chi connectivity index (χ4n) is 1.56. The van der Waals surface area contributed by atoms with Gasteiger partial charge >= 0.3 is 0 Å². The van der Waals surface area contributed by atoms with Crippen LogP contribution in [0.25, 0.3) is 22.1 Å². The van der Waals surface area contributed by atoms with E-state index in [1.165, 1.54) is 0 Å². The number of fused-ring (bicyclic) bond motifs is 3. The number of nitrogens with zero attached hydrogens (tertiary/aromatic N) is 3. The Hall–Kier alpha value is -1.69. The Bertz CT molecular complexity index is 660. The number of nitrogens with two attached hydrogens (primary N) is 1. The second-order valence-corrected chi connectivity index (χ2v) is 4.10. The van der Waals surface area contributed by atoms with Crippen molar-refractivity contribution >= 4 is 43.9 Å². The first-order valence-corrected chi connectivity index (χ1v) is 5.10. The maximum Gasteiger partial charge on any atom is 0.242 e. The Morgan fingerprint density at radius 2 is 2.13 bits per heavy atom. The van der Waals surface area contributed by atoms with Gasteiger partial charge in [0.25, 0.3) is 0 Å². The van der Waals surface area contributed by atoms with Crippen molar-refractivity contribution in [2.75, 3.05) is 5.73 Å². The van der Waals surface area contributed by atoms with E-state index < -0.39 is 0 Å². The normalized spacial score (nSPS) is 11.3. The molecule has 2 heterocycles. The number of halogens is 1. The molecule has 0 aliphatic rings. The molecule has 0 atom stereocenters. The van der Waals surface area contributed by atoms with Gasteiger partial charge in [0.15, 0.2) is 5.65 Å². The van der Waals surface area contributed by atoms with Crippen molar-refractivity contribution in [3.8, 4) is 0 Å². The van der Waals surface area contributed by atoms with Crippen LogP contribution < -0.4 is 5.73 Å². The van der Waals surface area contributed by atoms with Crippen LogP contribution in [0, 0.1) is 0 Å². The van der Waals surface area contributed by atoms with Gasteiger partial charge in [0.2, 0.25) is 5.95 Å². The smallest absolute Gasteiger partial charge is 0.242 e. The number of nitrogen functional groups attached to an aromatic ring is 1. The molecule has 15 heavy (non-hydrogen) atoms. The Balaban J connectivity index is 2.53. The molecule has 0 saturated carbocycles. The fraction of sp³-hybridized carbons (Fsp3) is 0. The average Bonchev–Trinajstić information content (AvgIpc) is 2.54. The van der Waals surface area contributed by atoms with Crippen LogP contribution in [0.2, 0.25) is 0 Å². The van der Waals surface area contributed by atoms with Crippen LogP contribution in [0.4, 0.5) is 5.95 Å².